The third-order valence-electron chi connectivity index (χ3n) is 3.95. The van der Waals surface area contributed by atoms with Crippen LogP contribution in [0.15, 0.2) is 36.5 Å². The second kappa shape index (κ2) is 7.51. The molecule has 0 saturated carbocycles. The molecule has 1 atom stereocenters. The van der Waals surface area contributed by atoms with Crippen LogP contribution in [0.4, 0.5) is 0 Å². The number of benzene rings is 1. The molecule has 1 N–H and O–H groups in total. The van der Waals surface area contributed by atoms with E-state index < -0.39 is 21.8 Å². The zero-order chi connectivity index (χ0) is 18.7. The first-order valence-electron chi connectivity index (χ1n) is 7.81. The van der Waals surface area contributed by atoms with Crippen molar-refractivity contribution in [2.75, 3.05) is 13.7 Å². The fraction of sp³-hybridized carbons (Fsp3) is 0.294. The van der Waals surface area contributed by atoms with Crippen molar-refractivity contribution in [2.45, 2.75) is 12.2 Å². The van der Waals surface area contributed by atoms with Gasteiger partial charge >= 0.3 is 0 Å². The minimum atomic E-state index is -3.84. The predicted molar refractivity (Wildman–Crippen MR) is 95.7 cm³/mol. The van der Waals surface area contributed by atoms with Gasteiger partial charge in [0.15, 0.2) is 0 Å². The molecule has 2 aromatic rings. The summed E-state index contributed by atoms with van der Waals surface area (Å²) >= 11 is 5.68. The number of sulfonamides is 1. The quantitative estimate of drug-likeness (QED) is 0.776. The van der Waals surface area contributed by atoms with E-state index in [0.29, 0.717) is 23.5 Å². The smallest absolute Gasteiger partial charge is 0.240 e. The number of pyridine rings is 1. The SMILES string of the molecule is COc1ccc2c(c1)OCC(C(=O)NS(=O)(=O)Cc1ccc(Cl)nc1)C2. The molecule has 0 saturated heterocycles. The number of halogens is 1. The molecule has 3 rings (SSSR count). The molecule has 138 valence electrons. The van der Waals surface area contributed by atoms with Gasteiger partial charge in [0.2, 0.25) is 15.9 Å². The minimum Gasteiger partial charge on any atom is -0.497 e. The summed E-state index contributed by atoms with van der Waals surface area (Å²) < 4.78 is 37.3. The Morgan fingerprint density at radius 2 is 2.19 bits per heavy atom. The van der Waals surface area contributed by atoms with E-state index >= 15 is 0 Å². The molecule has 1 aliphatic rings. The average Bonchev–Trinajstić information content (AvgIpc) is 2.62. The molecule has 9 heteroatoms. The van der Waals surface area contributed by atoms with Gasteiger partial charge in [0, 0.05) is 12.3 Å². The number of hydrogen-bond donors (Lipinski definition) is 1. The van der Waals surface area contributed by atoms with E-state index in [4.69, 9.17) is 21.1 Å². The van der Waals surface area contributed by atoms with Crippen LogP contribution in [-0.2, 0) is 27.0 Å². The van der Waals surface area contributed by atoms with Gasteiger partial charge in [-0.2, -0.15) is 0 Å². The van der Waals surface area contributed by atoms with E-state index in [0.717, 1.165) is 5.56 Å². The highest BCUT2D eigenvalue weighted by Gasteiger charge is 2.29. The molecule has 0 radical (unpaired) electrons. The first-order valence-corrected chi connectivity index (χ1v) is 9.84. The largest absolute Gasteiger partial charge is 0.497 e. The van der Waals surface area contributed by atoms with Gasteiger partial charge in [0.1, 0.15) is 23.3 Å². The highest BCUT2D eigenvalue weighted by Crippen LogP contribution is 2.31. The Labute approximate surface area is 156 Å². The van der Waals surface area contributed by atoms with Crippen LogP contribution < -0.4 is 14.2 Å². The van der Waals surface area contributed by atoms with E-state index in [1.165, 1.54) is 12.3 Å². The summed E-state index contributed by atoms with van der Waals surface area (Å²) in [7, 11) is -2.28. The van der Waals surface area contributed by atoms with Gasteiger partial charge < -0.3 is 9.47 Å². The maximum absolute atomic E-state index is 12.4. The van der Waals surface area contributed by atoms with Crippen LogP contribution in [0.2, 0.25) is 5.15 Å². The van der Waals surface area contributed by atoms with Gasteiger partial charge in [-0.3, -0.25) is 9.52 Å². The molecule has 0 spiro atoms. The molecular weight excluding hydrogens is 380 g/mol. The summed E-state index contributed by atoms with van der Waals surface area (Å²) in [6.07, 6.45) is 1.75. The van der Waals surface area contributed by atoms with Gasteiger partial charge in [-0.15, -0.1) is 0 Å². The number of amides is 1. The fourth-order valence-corrected chi connectivity index (χ4v) is 3.90. The zero-order valence-corrected chi connectivity index (χ0v) is 15.5. The van der Waals surface area contributed by atoms with E-state index in [-0.39, 0.29) is 17.5 Å². The van der Waals surface area contributed by atoms with Crippen molar-refractivity contribution in [3.05, 3.63) is 52.8 Å². The van der Waals surface area contributed by atoms with Gasteiger partial charge in [0.25, 0.3) is 0 Å². The number of carbonyl (C=O) groups is 1. The molecular formula is C17H17ClN2O5S. The number of aromatic nitrogens is 1. The summed E-state index contributed by atoms with van der Waals surface area (Å²) in [5.74, 6) is -0.235. The van der Waals surface area contributed by atoms with Gasteiger partial charge in [-0.1, -0.05) is 23.7 Å². The lowest BCUT2D eigenvalue weighted by Crippen LogP contribution is -2.40. The number of nitrogens with zero attached hydrogens (tertiary/aromatic N) is 1. The van der Waals surface area contributed by atoms with Crippen molar-refractivity contribution >= 4 is 27.5 Å². The van der Waals surface area contributed by atoms with Crippen LogP contribution in [0.1, 0.15) is 11.1 Å². The normalized spacial score (nSPS) is 16.3. The van der Waals surface area contributed by atoms with E-state index in [1.54, 1.807) is 25.3 Å². The standard InChI is InChI=1S/C17H17ClN2O5S/c1-24-14-4-3-12-6-13(9-25-15(12)7-14)17(21)20-26(22,23)10-11-2-5-16(18)19-8-11/h2-5,7-8,13H,6,9-10H2,1H3,(H,20,21). The van der Waals surface area contributed by atoms with Crippen LogP contribution in [-0.4, -0.2) is 33.0 Å². The van der Waals surface area contributed by atoms with E-state index in [1.807, 2.05) is 6.07 Å². The van der Waals surface area contributed by atoms with Crippen molar-refractivity contribution in [3.63, 3.8) is 0 Å². The maximum Gasteiger partial charge on any atom is 0.240 e. The summed E-state index contributed by atoms with van der Waals surface area (Å²) in [6, 6.07) is 8.36. The Balaban J connectivity index is 1.65. The van der Waals surface area contributed by atoms with Crippen molar-refractivity contribution < 1.29 is 22.7 Å². The molecule has 1 aromatic heterocycles. The number of ether oxygens (including phenoxy) is 2. The second-order valence-corrected chi connectivity index (χ2v) is 8.01. The number of nitrogens with one attached hydrogen (secondary N) is 1. The number of fused-ring (bicyclic) bond motifs is 1. The van der Waals surface area contributed by atoms with Crippen molar-refractivity contribution in [1.82, 2.24) is 9.71 Å². The first-order chi connectivity index (χ1) is 12.4. The monoisotopic (exact) mass is 396 g/mol. The molecule has 0 aliphatic carbocycles. The Bertz CT molecular complexity index is 915. The molecule has 1 aromatic carbocycles. The van der Waals surface area contributed by atoms with Crippen molar-refractivity contribution in [3.8, 4) is 11.5 Å². The summed E-state index contributed by atoms with van der Waals surface area (Å²) in [4.78, 5) is 16.2. The third kappa shape index (κ3) is 4.44. The zero-order valence-electron chi connectivity index (χ0n) is 13.9. The van der Waals surface area contributed by atoms with Crippen LogP contribution >= 0.6 is 11.6 Å². The molecule has 1 amide bonds. The average molecular weight is 397 g/mol. The predicted octanol–water partition coefficient (Wildman–Crippen LogP) is 1.94. The summed E-state index contributed by atoms with van der Waals surface area (Å²) in [5, 5.41) is 0.268. The Hall–Kier alpha value is -2.32. The molecule has 2 heterocycles. The molecule has 1 unspecified atom stereocenters. The van der Waals surface area contributed by atoms with Gasteiger partial charge in [-0.05, 0) is 29.7 Å². The lowest BCUT2D eigenvalue weighted by atomic mass is 9.96. The van der Waals surface area contributed by atoms with Crippen molar-refractivity contribution in [1.29, 1.82) is 0 Å². The molecule has 0 fully saturated rings. The lowest BCUT2D eigenvalue weighted by molar-refractivity contribution is -0.124. The lowest BCUT2D eigenvalue weighted by Gasteiger charge is -2.24. The number of carbonyl (C=O) groups excluding carboxylic acids is 1. The number of rotatable bonds is 5. The maximum atomic E-state index is 12.4. The van der Waals surface area contributed by atoms with Crippen LogP contribution in [0, 0.1) is 5.92 Å². The molecule has 7 nitrogen and oxygen atoms in total. The summed E-state index contributed by atoms with van der Waals surface area (Å²) in [5.41, 5.74) is 1.27. The second-order valence-electron chi connectivity index (χ2n) is 5.90. The highest BCUT2D eigenvalue weighted by molar-refractivity contribution is 7.89. The minimum absolute atomic E-state index is 0.101. The van der Waals surface area contributed by atoms with Gasteiger partial charge in [0.05, 0.1) is 18.8 Å². The van der Waals surface area contributed by atoms with Crippen LogP contribution in [0.5, 0.6) is 11.5 Å². The topological polar surface area (TPSA) is 94.6 Å². The molecule has 1 aliphatic heterocycles. The Morgan fingerprint density at radius 3 is 2.88 bits per heavy atom. The van der Waals surface area contributed by atoms with Gasteiger partial charge in [-0.25, -0.2) is 13.4 Å². The fourth-order valence-electron chi connectivity index (χ4n) is 2.63. The number of hydrogen-bond acceptors (Lipinski definition) is 6. The number of methoxy groups -OCH3 is 1. The Kier molecular flexibility index (Phi) is 5.33. The molecule has 0 bridgehead atoms. The first kappa shape index (κ1) is 18.5. The van der Waals surface area contributed by atoms with Crippen molar-refractivity contribution in [2.24, 2.45) is 5.92 Å². The Morgan fingerprint density at radius 1 is 1.38 bits per heavy atom. The van der Waals surface area contributed by atoms with E-state index in [2.05, 4.69) is 9.71 Å². The van der Waals surface area contributed by atoms with E-state index in [9.17, 15) is 13.2 Å². The molecule has 26 heavy (non-hydrogen) atoms. The van der Waals surface area contributed by atoms with Crippen LogP contribution in [0.25, 0.3) is 0 Å². The third-order valence-corrected chi connectivity index (χ3v) is 5.40. The summed E-state index contributed by atoms with van der Waals surface area (Å²) in [6.45, 7) is 0.101. The highest BCUT2D eigenvalue weighted by atomic mass is 35.5. The van der Waals surface area contributed by atoms with Crippen LogP contribution in [0.3, 0.4) is 0 Å².